The van der Waals surface area contributed by atoms with Gasteiger partial charge in [-0.3, -0.25) is 0 Å². The summed E-state index contributed by atoms with van der Waals surface area (Å²) in [6.07, 6.45) is 1.43. The second-order valence-electron chi connectivity index (χ2n) is 3.79. The molecule has 2 rings (SSSR count). The van der Waals surface area contributed by atoms with Crippen LogP contribution < -0.4 is 0 Å². The highest BCUT2D eigenvalue weighted by Gasteiger charge is 2.18. The van der Waals surface area contributed by atoms with E-state index in [0.29, 0.717) is 26.2 Å². The zero-order valence-corrected chi connectivity index (χ0v) is 13.1. The molecule has 0 radical (unpaired) electrons. The molecule has 20 heavy (non-hydrogen) atoms. The van der Waals surface area contributed by atoms with Crippen LogP contribution in [0.5, 0.6) is 0 Å². The van der Waals surface area contributed by atoms with Crippen LogP contribution in [0.25, 0.3) is 11.1 Å². The summed E-state index contributed by atoms with van der Waals surface area (Å²) < 4.78 is 4.72. The number of methoxy groups -OCH3 is 1. The van der Waals surface area contributed by atoms with E-state index in [4.69, 9.17) is 51.1 Å². The molecule has 1 heterocycles. The van der Waals surface area contributed by atoms with Crippen molar-refractivity contribution in [2.24, 2.45) is 0 Å². The molecular formula is C13H7Cl4NO2. The molecule has 0 aliphatic rings. The fraction of sp³-hybridized carbons (Fsp3) is 0.0769. The average Bonchev–Trinajstić information content (AvgIpc) is 2.42. The van der Waals surface area contributed by atoms with Crippen LogP contribution in [0.2, 0.25) is 20.2 Å². The third-order valence-electron chi connectivity index (χ3n) is 2.58. The van der Waals surface area contributed by atoms with Crippen LogP contribution in [0.1, 0.15) is 10.4 Å². The van der Waals surface area contributed by atoms with Gasteiger partial charge in [0.1, 0.15) is 5.15 Å². The van der Waals surface area contributed by atoms with Gasteiger partial charge in [-0.15, -0.1) is 0 Å². The van der Waals surface area contributed by atoms with E-state index in [-0.39, 0.29) is 10.7 Å². The smallest absolute Gasteiger partial charge is 0.338 e. The van der Waals surface area contributed by atoms with Crippen molar-refractivity contribution in [1.29, 1.82) is 0 Å². The molecule has 0 spiro atoms. The number of carbonyl (C=O) groups excluding carboxylic acids is 1. The van der Waals surface area contributed by atoms with Crippen molar-refractivity contribution in [3.05, 3.63) is 50.2 Å². The quantitative estimate of drug-likeness (QED) is 0.427. The van der Waals surface area contributed by atoms with Crippen LogP contribution in [-0.2, 0) is 4.74 Å². The predicted octanol–water partition coefficient (Wildman–Crippen LogP) is 5.15. The summed E-state index contributed by atoms with van der Waals surface area (Å²) in [5, 5.41) is 1.15. The lowest BCUT2D eigenvalue weighted by Crippen LogP contribution is -2.04. The minimum atomic E-state index is -0.550. The van der Waals surface area contributed by atoms with E-state index in [9.17, 15) is 4.79 Å². The molecule has 104 valence electrons. The summed E-state index contributed by atoms with van der Waals surface area (Å²) in [4.78, 5) is 15.8. The number of hydrogen-bond acceptors (Lipinski definition) is 3. The monoisotopic (exact) mass is 349 g/mol. The molecule has 0 amide bonds. The van der Waals surface area contributed by atoms with Gasteiger partial charge >= 0.3 is 5.97 Å². The predicted molar refractivity (Wildman–Crippen MR) is 81.1 cm³/mol. The molecule has 0 saturated carbocycles. The van der Waals surface area contributed by atoms with Crippen molar-refractivity contribution in [2.45, 2.75) is 0 Å². The summed E-state index contributed by atoms with van der Waals surface area (Å²) in [6.45, 7) is 0. The van der Waals surface area contributed by atoms with E-state index in [1.807, 2.05) is 0 Å². The van der Waals surface area contributed by atoms with Crippen molar-refractivity contribution < 1.29 is 9.53 Å². The molecule has 0 unspecified atom stereocenters. The van der Waals surface area contributed by atoms with Crippen LogP contribution in [0, 0.1) is 0 Å². The maximum Gasteiger partial charge on any atom is 0.338 e. The second-order valence-corrected chi connectivity index (χ2v) is 5.40. The summed E-state index contributed by atoms with van der Waals surface area (Å²) in [7, 11) is 1.27. The molecule has 0 atom stereocenters. The molecule has 7 heteroatoms. The zero-order chi connectivity index (χ0) is 14.9. The lowest BCUT2D eigenvalue weighted by atomic mass is 10.0. The Kier molecular flexibility index (Phi) is 4.76. The second kappa shape index (κ2) is 6.19. The van der Waals surface area contributed by atoms with E-state index >= 15 is 0 Å². The fourth-order valence-corrected chi connectivity index (χ4v) is 2.46. The summed E-state index contributed by atoms with van der Waals surface area (Å²) in [5.74, 6) is -0.550. The molecule has 1 aromatic carbocycles. The Bertz CT molecular complexity index is 688. The number of ether oxygens (including phenoxy) is 1. The molecule has 0 N–H and O–H groups in total. The first-order valence-electron chi connectivity index (χ1n) is 5.32. The largest absolute Gasteiger partial charge is 0.465 e. The van der Waals surface area contributed by atoms with Gasteiger partial charge in [0.15, 0.2) is 0 Å². The van der Waals surface area contributed by atoms with Gasteiger partial charge < -0.3 is 4.74 Å². The third-order valence-corrected chi connectivity index (χ3v) is 3.82. The molecule has 0 aliphatic carbocycles. The zero-order valence-electron chi connectivity index (χ0n) is 10.1. The standard InChI is InChI=1S/C13H7Cl4NO2/c1-20-13(19)7-3-12(17)18-5-8(7)6-2-10(15)11(16)4-9(6)14/h2-5H,1H3. The van der Waals surface area contributed by atoms with Gasteiger partial charge in [-0.25, -0.2) is 9.78 Å². The number of esters is 1. The van der Waals surface area contributed by atoms with Crippen LogP contribution >= 0.6 is 46.4 Å². The topological polar surface area (TPSA) is 39.2 Å². The molecule has 0 aliphatic heterocycles. The number of benzene rings is 1. The number of carbonyl (C=O) groups is 1. The Morgan fingerprint density at radius 2 is 1.65 bits per heavy atom. The first-order chi connectivity index (χ1) is 9.43. The van der Waals surface area contributed by atoms with Crippen LogP contribution in [0.15, 0.2) is 24.4 Å². The highest BCUT2D eigenvalue weighted by Crippen LogP contribution is 2.37. The number of hydrogen-bond donors (Lipinski definition) is 0. The Hall–Kier alpha value is -1.000. The maximum absolute atomic E-state index is 11.8. The van der Waals surface area contributed by atoms with Crippen molar-refractivity contribution in [2.75, 3.05) is 7.11 Å². The van der Waals surface area contributed by atoms with Crippen LogP contribution in [0.3, 0.4) is 0 Å². The number of nitrogens with zero attached hydrogens (tertiary/aromatic N) is 1. The minimum absolute atomic E-state index is 0.172. The Balaban J connectivity index is 2.69. The van der Waals surface area contributed by atoms with E-state index in [1.165, 1.54) is 25.4 Å². The van der Waals surface area contributed by atoms with E-state index in [0.717, 1.165) is 0 Å². The van der Waals surface area contributed by atoms with Gasteiger partial charge in [0, 0.05) is 17.3 Å². The number of pyridine rings is 1. The summed E-state index contributed by atoms with van der Waals surface area (Å²) in [5.41, 5.74) is 1.23. The normalized spacial score (nSPS) is 10.4. The Morgan fingerprint density at radius 1 is 1.00 bits per heavy atom. The maximum atomic E-state index is 11.8. The van der Waals surface area contributed by atoms with Crippen molar-refractivity contribution >= 4 is 52.4 Å². The van der Waals surface area contributed by atoms with E-state index in [1.54, 1.807) is 6.07 Å². The summed E-state index contributed by atoms with van der Waals surface area (Å²) >= 11 is 23.8. The first kappa shape index (κ1) is 15.4. The van der Waals surface area contributed by atoms with Crippen molar-refractivity contribution in [3.63, 3.8) is 0 Å². The van der Waals surface area contributed by atoms with Crippen LogP contribution in [-0.4, -0.2) is 18.1 Å². The van der Waals surface area contributed by atoms with Gasteiger partial charge in [-0.05, 0) is 18.2 Å². The SMILES string of the molecule is COC(=O)c1cc(Cl)ncc1-c1cc(Cl)c(Cl)cc1Cl. The number of rotatable bonds is 2. The lowest BCUT2D eigenvalue weighted by Gasteiger charge is -2.11. The fourth-order valence-electron chi connectivity index (χ4n) is 1.65. The first-order valence-corrected chi connectivity index (χ1v) is 6.84. The highest BCUT2D eigenvalue weighted by molar-refractivity contribution is 6.44. The Morgan fingerprint density at radius 3 is 2.30 bits per heavy atom. The van der Waals surface area contributed by atoms with E-state index in [2.05, 4.69) is 4.98 Å². The molecule has 1 aromatic heterocycles. The number of aromatic nitrogens is 1. The van der Waals surface area contributed by atoms with Crippen LogP contribution in [0.4, 0.5) is 0 Å². The Labute approximate surface area is 135 Å². The average molecular weight is 351 g/mol. The molecule has 0 bridgehead atoms. The van der Waals surface area contributed by atoms with Gasteiger partial charge in [0.25, 0.3) is 0 Å². The van der Waals surface area contributed by atoms with Gasteiger partial charge in [0.2, 0.25) is 0 Å². The molecule has 0 fully saturated rings. The van der Waals surface area contributed by atoms with Crippen molar-refractivity contribution in [1.82, 2.24) is 4.98 Å². The summed E-state index contributed by atoms with van der Waals surface area (Å²) in [6, 6.07) is 4.46. The lowest BCUT2D eigenvalue weighted by molar-refractivity contribution is 0.0601. The molecular weight excluding hydrogens is 344 g/mol. The molecule has 2 aromatic rings. The number of halogens is 4. The third kappa shape index (κ3) is 3.01. The van der Waals surface area contributed by atoms with Gasteiger partial charge in [0.05, 0.1) is 27.7 Å². The van der Waals surface area contributed by atoms with E-state index < -0.39 is 5.97 Å². The minimum Gasteiger partial charge on any atom is -0.465 e. The highest BCUT2D eigenvalue weighted by atomic mass is 35.5. The van der Waals surface area contributed by atoms with Gasteiger partial charge in [-0.1, -0.05) is 46.4 Å². The molecule has 0 saturated heterocycles. The van der Waals surface area contributed by atoms with Crippen molar-refractivity contribution in [3.8, 4) is 11.1 Å². The molecule has 3 nitrogen and oxygen atoms in total. The van der Waals surface area contributed by atoms with Gasteiger partial charge in [-0.2, -0.15) is 0 Å².